The van der Waals surface area contributed by atoms with E-state index in [9.17, 15) is 10.0 Å². The summed E-state index contributed by atoms with van der Waals surface area (Å²) in [4.78, 5) is 10.1. The quantitative estimate of drug-likeness (QED) is 0.278. The number of quaternary nitrogens is 1. The lowest BCUT2D eigenvalue weighted by atomic mass is 10.2. The van der Waals surface area contributed by atoms with E-state index in [0.717, 1.165) is 0 Å². The highest BCUT2D eigenvalue weighted by Crippen LogP contribution is 1.82. The summed E-state index contributed by atoms with van der Waals surface area (Å²) in [7, 11) is 0. The Morgan fingerprint density at radius 1 is 1.82 bits per heavy atom. The first-order valence-electron chi connectivity index (χ1n) is 2.99. The fourth-order valence-corrected chi connectivity index (χ4v) is 0.466. The van der Waals surface area contributed by atoms with E-state index in [-0.39, 0.29) is 13.0 Å². The molecule has 2 atom stereocenters. The third-order valence-electron chi connectivity index (χ3n) is 1.12. The van der Waals surface area contributed by atoms with Gasteiger partial charge in [0, 0.05) is 6.42 Å². The molecule has 0 fully saturated rings. The highest BCUT2D eigenvalue weighted by atomic mass is 16.7. The molecule has 0 bridgehead atoms. The summed E-state index contributed by atoms with van der Waals surface area (Å²) in [5.74, 6) is -1.16. The van der Waals surface area contributed by atoms with E-state index in [1.807, 2.05) is 0 Å². The topological polar surface area (TPSA) is 123 Å². The minimum atomic E-state index is -1.16. The van der Waals surface area contributed by atoms with Crippen LogP contribution in [0.1, 0.15) is 6.42 Å². The third-order valence-corrected chi connectivity index (χ3v) is 1.12. The molecule has 11 heavy (non-hydrogen) atoms. The van der Waals surface area contributed by atoms with Crippen molar-refractivity contribution in [3.8, 4) is 0 Å². The van der Waals surface area contributed by atoms with Gasteiger partial charge in [-0.15, -0.1) is 0 Å². The van der Waals surface area contributed by atoms with E-state index < -0.39 is 17.2 Å². The SMILES string of the molecule is NC(CC[NH+]([O-])NO)C(=O)O. The molecular formula is C4H11N3O4. The Hall–Kier alpha value is -0.730. The molecule has 0 amide bonds. The number of rotatable bonds is 5. The average Bonchev–Trinajstić information content (AvgIpc) is 1.99. The molecule has 6 N–H and O–H groups in total. The lowest BCUT2D eigenvalue weighted by Gasteiger charge is -2.18. The van der Waals surface area contributed by atoms with E-state index in [0.29, 0.717) is 0 Å². The molecule has 0 rings (SSSR count). The number of nitrogens with two attached hydrogens (primary N) is 1. The van der Waals surface area contributed by atoms with Crippen molar-refractivity contribution in [2.24, 2.45) is 5.73 Å². The van der Waals surface area contributed by atoms with Crippen LogP contribution in [0, 0.1) is 5.21 Å². The van der Waals surface area contributed by atoms with Crippen molar-refractivity contribution in [1.29, 1.82) is 0 Å². The molecule has 0 aromatic heterocycles. The van der Waals surface area contributed by atoms with Gasteiger partial charge < -0.3 is 16.0 Å². The number of nitrogens with one attached hydrogen (secondary N) is 2. The molecule has 66 valence electrons. The van der Waals surface area contributed by atoms with Gasteiger partial charge in [0.2, 0.25) is 0 Å². The smallest absolute Gasteiger partial charge is 0.320 e. The van der Waals surface area contributed by atoms with Gasteiger partial charge in [-0.25, -0.2) is 0 Å². The first-order valence-corrected chi connectivity index (χ1v) is 2.99. The van der Waals surface area contributed by atoms with Crippen molar-refractivity contribution in [1.82, 2.24) is 5.59 Å². The molecule has 7 nitrogen and oxygen atoms in total. The van der Waals surface area contributed by atoms with Gasteiger partial charge in [-0.3, -0.25) is 15.2 Å². The van der Waals surface area contributed by atoms with Crippen molar-refractivity contribution in [3.05, 3.63) is 5.21 Å². The first kappa shape index (κ1) is 10.3. The molecule has 0 heterocycles. The van der Waals surface area contributed by atoms with Crippen LogP contribution in [0.2, 0.25) is 0 Å². The van der Waals surface area contributed by atoms with Gasteiger partial charge in [0.15, 0.2) is 0 Å². The van der Waals surface area contributed by atoms with Crippen LogP contribution in [0.25, 0.3) is 0 Å². The summed E-state index contributed by atoms with van der Waals surface area (Å²) < 4.78 is 0. The molecule has 0 radical (unpaired) electrons. The van der Waals surface area contributed by atoms with Crippen LogP contribution in [0.3, 0.4) is 0 Å². The maximum absolute atomic E-state index is 10.3. The van der Waals surface area contributed by atoms with Gasteiger partial charge in [0.1, 0.15) is 6.04 Å². The lowest BCUT2D eigenvalue weighted by Crippen LogP contribution is -3.14. The number of carboxylic acid groups (broad SMARTS) is 1. The fourth-order valence-electron chi connectivity index (χ4n) is 0.466. The van der Waals surface area contributed by atoms with E-state index in [1.54, 1.807) is 0 Å². The van der Waals surface area contributed by atoms with Crippen LogP contribution in [-0.2, 0) is 4.79 Å². The molecule has 7 heteroatoms. The summed E-state index contributed by atoms with van der Waals surface area (Å²) in [6.07, 6.45) is 0.0156. The Kier molecular flexibility index (Phi) is 4.66. The molecule has 0 aliphatic rings. The summed E-state index contributed by atoms with van der Waals surface area (Å²) >= 11 is 0. The van der Waals surface area contributed by atoms with Crippen LogP contribution < -0.4 is 16.5 Å². The molecule has 0 spiro atoms. The van der Waals surface area contributed by atoms with Crippen LogP contribution in [0.5, 0.6) is 0 Å². The van der Waals surface area contributed by atoms with E-state index in [4.69, 9.17) is 16.0 Å². The highest BCUT2D eigenvalue weighted by Gasteiger charge is 2.12. The molecule has 0 saturated carbocycles. The molecule has 0 aromatic rings. The van der Waals surface area contributed by atoms with Crippen molar-refractivity contribution in [2.45, 2.75) is 12.5 Å². The van der Waals surface area contributed by atoms with Crippen molar-refractivity contribution in [2.75, 3.05) is 6.54 Å². The summed E-state index contributed by atoms with van der Waals surface area (Å²) in [6, 6.07) is -1.05. The van der Waals surface area contributed by atoms with Gasteiger partial charge in [-0.2, -0.15) is 0 Å². The number of carbonyl (C=O) groups is 1. The second-order valence-corrected chi connectivity index (χ2v) is 2.02. The highest BCUT2D eigenvalue weighted by molar-refractivity contribution is 5.72. The van der Waals surface area contributed by atoms with Gasteiger partial charge in [0.05, 0.1) is 6.54 Å². The minimum Gasteiger partial charge on any atom is -0.611 e. The van der Waals surface area contributed by atoms with Gasteiger partial charge in [-0.1, -0.05) is 0 Å². The fraction of sp³-hybridized carbons (Fsp3) is 0.750. The zero-order valence-electron chi connectivity index (χ0n) is 5.78. The number of hydroxylamine groups is 1. The van der Waals surface area contributed by atoms with Crippen LogP contribution >= 0.6 is 0 Å². The van der Waals surface area contributed by atoms with E-state index in [2.05, 4.69) is 0 Å². The number of hydrogen-bond acceptors (Lipinski definition) is 5. The van der Waals surface area contributed by atoms with Crippen LogP contribution in [0.15, 0.2) is 0 Å². The molecule has 0 saturated heterocycles. The molecule has 2 unspecified atom stereocenters. The monoisotopic (exact) mass is 165 g/mol. The maximum atomic E-state index is 10.3. The summed E-state index contributed by atoms with van der Waals surface area (Å²) in [5.41, 5.74) is 6.43. The Balaban J connectivity index is 3.45. The number of carboxylic acids is 1. The lowest BCUT2D eigenvalue weighted by molar-refractivity contribution is -0.926. The second kappa shape index (κ2) is 4.99. The zero-order valence-corrected chi connectivity index (χ0v) is 5.78. The Labute approximate surface area is 62.9 Å². The third kappa shape index (κ3) is 4.65. The summed E-state index contributed by atoms with van der Waals surface area (Å²) in [5, 5.41) is 25.9. The average molecular weight is 165 g/mol. The minimum absolute atomic E-state index is 0.0156. The van der Waals surface area contributed by atoms with Crippen LogP contribution in [0.4, 0.5) is 0 Å². The van der Waals surface area contributed by atoms with Gasteiger partial charge in [-0.05, 0) is 5.59 Å². The largest absolute Gasteiger partial charge is 0.611 e. The van der Waals surface area contributed by atoms with Crippen LogP contribution in [-0.4, -0.2) is 28.9 Å². The molecule has 0 aliphatic carbocycles. The van der Waals surface area contributed by atoms with Crippen molar-refractivity contribution >= 4 is 5.97 Å². The van der Waals surface area contributed by atoms with E-state index >= 15 is 0 Å². The number of aliphatic carboxylic acids is 1. The normalized spacial score (nSPS) is 15.9. The molecular weight excluding hydrogens is 154 g/mol. The first-order chi connectivity index (χ1) is 5.07. The number of hydrogen-bond donors (Lipinski definition) is 5. The predicted octanol–water partition coefficient (Wildman–Crippen LogP) is -2.94. The Bertz CT molecular complexity index is 131. The predicted molar refractivity (Wildman–Crippen MR) is 34.3 cm³/mol. The van der Waals surface area contributed by atoms with Gasteiger partial charge in [0.25, 0.3) is 0 Å². The second-order valence-electron chi connectivity index (χ2n) is 2.02. The Morgan fingerprint density at radius 3 is 2.73 bits per heavy atom. The maximum Gasteiger partial charge on any atom is 0.320 e. The standard InChI is InChI=1S/C4H11N3O4/c5-3(4(8)9)1-2-7(11)6-10/h3,6-7,10H,1-2,5H2,(H,8,9). The summed E-state index contributed by atoms with van der Waals surface area (Å²) in [6.45, 7) is -0.0933. The van der Waals surface area contributed by atoms with Crippen molar-refractivity contribution < 1.29 is 20.3 Å². The zero-order chi connectivity index (χ0) is 8.85. The van der Waals surface area contributed by atoms with E-state index in [1.165, 1.54) is 5.59 Å². The van der Waals surface area contributed by atoms with Crippen molar-refractivity contribution in [3.63, 3.8) is 0 Å². The Morgan fingerprint density at radius 2 is 2.36 bits per heavy atom. The molecule has 0 aliphatic heterocycles. The molecule has 0 aromatic carbocycles. The van der Waals surface area contributed by atoms with Gasteiger partial charge >= 0.3 is 5.97 Å².